The fourth-order valence-corrected chi connectivity index (χ4v) is 1.73. The highest BCUT2D eigenvalue weighted by Crippen LogP contribution is 2.20. The van der Waals surface area contributed by atoms with Gasteiger partial charge in [0.2, 0.25) is 0 Å². The van der Waals surface area contributed by atoms with Gasteiger partial charge in [0.25, 0.3) is 0 Å². The largest absolute Gasteiger partial charge is 0.327 e. The summed E-state index contributed by atoms with van der Waals surface area (Å²) in [6.45, 7) is 5.08. The summed E-state index contributed by atoms with van der Waals surface area (Å²) in [5, 5.41) is 0.779. The molecule has 0 radical (unpaired) electrons. The van der Waals surface area contributed by atoms with Gasteiger partial charge in [0.1, 0.15) is 0 Å². The van der Waals surface area contributed by atoms with Gasteiger partial charge in [-0.2, -0.15) is 0 Å². The number of likely N-dealkylation sites (N-methyl/N-ethyl adjacent to an activating group) is 1. The van der Waals surface area contributed by atoms with Crippen molar-refractivity contribution in [2.45, 2.75) is 25.9 Å². The van der Waals surface area contributed by atoms with Crippen molar-refractivity contribution in [1.29, 1.82) is 0 Å². The van der Waals surface area contributed by atoms with E-state index in [9.17, 15) is 0 Å². The number of hydrogen-bond donors (Lipinski definition) is 1. The summed E-state index contributed by atoms with van der Waals surface area (Å²) in [6, 6.07) is 8.54. The minimum absolute atomic E-state index is 0.199. The van der Waals surface area contributed by atoms with Crippen LogP contribution in [0.1, 0.15) is 25.5 Å². The number of nitrogens with zero attached hydrogens (tertiary/aromatic N) is 1. The molecule has 1 aromatic carbocycles. The summed E-state index contributed by atoms with van der Waals surface area (Å²) in [6.07, 6.45) is 0. The third-order valence-corrected chi connectivity index (χ3v) is 2.84. The lowest BCUT2D eigenvalue weighted by molar-refractivity contribution is 0.249. The molecule has 15 heavy (non-hydrogen) atoms. The van der Waals surface area contributed by atoms with E-state index in [2.05, 4.69) is 31.0 Å². The SMILES string of the molecule is CC(N)CN(C)C(C)c1ccc(Cl)cc1. The molecule has 0 heterocycles. The Morgan fingerprint density at radius 1 is 1.27 bits per heavy atom. The number of halogens is 1. The van der Waals surface area contributed by atoms with E-state index in [1.165, 1.54) is 5.56 Å². The summed E-state index contributed by atoms with van der Waals surface area (Å²) in [7, 11) is 2.09. The molecule has 1 aromatic rings. The van der Waals surface area contributed by atoms with Crippen LogP contribution in [0.3, 0.4) is 0 Å². The second kappa shape index (κ2) is 5.50. The maximum absolute atomic E-state index is 5.85. The molecule has 84 valence electrons. The van der Waals surface area contributed by atoms with Crippen LogP contribution in [0.25, 0.3) is 0 Å². The van der Waals surface area contributed by atoms with E-state index >= 15 is 0 Å². The third-order valence-electron chi connectivity index (χ3n) is 2.59. The second-order valence-electron chi connectivity index (χ2n) is 4.14. The van der Waals surface area contributed by atoms with Gasteiger partial charge in [-0.15, -0.1) is 0 Å². The highest BCUT2D eigenvalue weighted by atomic mass is 35.5. The minimum Gasteiger partial charge on any atom is -0.327 e. The Kier molecular flexibility index (Phi) is 4.58. The van der Waals surface area contributed by atoms with Crippen LogP contribution in [0.4, 0.5) is 0 Å². The lowest BCUT2D eigenvalue weighted by atomic mass is 10.1. The Morgan fingerprint density at radius 2 is 1.80 bits per heavy atom. The molecule has 2 unspecified atom stereocenters. The maximum Gasteiger partial charge on any atom is 0.0406 e. The van der Waals surface area contributed by atoms with Gasteiger partial charge in [-0.1, -0.05) is 23.7 Å². The van der Waals surface area contributed by atoms with E-state index in [0.717, 1.165) is 11.6 Å². The minimum atomic E-state index is 0.199. The molecule has 0 aliphatic heterocycles. The van der Waals surface area contributed by atoms with Crippen LogP contribution in [0, 0.1) is 0 Å². The molecular weight excluding hydrogens is 208 g/mol. The predicted molar refractivity (Wildman–Crippen MR) is 66.1 cm³/mol. The molecule has 1 rings (SSSR count). The van der Waals surface area contributed by atoms with Crippen molar-refractivity contribution in [1.82, 2.24) is 4.90 Å². The fraction of sp³-hybridized carbons (Fsp3) is 0.500. The molecule has 0 fully saturated rings. The van der Waals surface area contributed by atoms with Crippen molar-refractivity contribution in [2.24, 2.45) is 5.73 Å². The van der Waals surface area contributed by atoms with Gasteiger partial charge < -0.3 is 5.73 Å². The van der Waals surface area contributed by atoms with Crippen molar-refractivity contribution in [3.63, 3.8) is 0 Å². The Balaban J connectivity index is 2.67. The van der Waals surface area contributed by atoms with Gasteiger partial charge in [0, 0.05) is 23.7 Å². The van der Waals surface area contributed by atoms with Crippen molar-refractivity contribution >= 4 is 11.6 Å². The summed E-state index contributed by atoms with van der Waals surface area (Å²) < 4.78 is 0. The van der Waals surface area contributed by atoms with Crippen LogP contribution in [-0.4, -0.2) is 24.5 Å². The van der Waals surface area contributed by atoms with Crippen molar-refractivity contribution in [2.75, 3.05) is 13.6 Å². The maximum atomic E-state index is 5.85. The van der Waals surface area contributed by atoms with Crippen LogP contribution in [0.2, 0.25) is 5.02 Å². The Hall–Kier alpha value is -0.570. The van der Waals surface area contributed by atoms with Gasteiger partial charge in [0.05, 0.1) is 0 Å². The Bertz CT molecular complexity index is 295. The monoisotopic (exact) mass is 226 g/mol. The van der Waals surface area contributed by atoms with E-state index < -0.39 is 0 Å². The molecule has 0 saturated carbocycles. The summed E-state index contributed by atoms with van der Waals surface area (Å²) >= 11 is 5.85. The second-order valence-corrected chi connectivity index (χ2v) is 4.58. The topological polar surface area (TPSA) is 29.3 Å². The van der Waals surface area contributed by atoms with Crippen LogP contribution < -0.4 is 5.73 Å². The molecule has 0 aliphatic carbocycles. The van der Waals surface area contributed by atoms with Crippen LogP contribution >= 0.6 is 11.6 Å². The third kappa shape index (κ3) is 3.82. The first kappa shape index (κ1) is 12.5. The van der Waals surface area contributed by atoms with Crippen molar-refractivity contribution in [3.8, 4) is 0 Å². The van der Waals surface area contributed by atoms with Crippen LogP contribution in [-0.2, 0) is 0 Å². The first-order chi connectivity index (χ1) is 7.00. The quantitative estimate of drug-likeness (QED) is 0.856. The highest BCUT2D eigenvalue weighted by molar-refractivity contribution is 6.30. The zero-order chi connectivity index (χ0) is 11.4. The smallest absolute Gasteiger partial charge is 0.0406 e. The van der Waals surface area contributed by atoms with Gasteiger partial charge in [0.15, 0.2) is 0 Å². The van der Waals surface area contributed by atoms with Gasteiger partial charge in [-0.3, -0.25) is 4.90 Å². The molecule has 2 atom stereocenters. The lowest BCUT2D eigenvalue weighted by Gasteiger charge is -2.26. The average molecular weight is 227 g/mol. The molecule has 0 amide bonds. The van der Waals surface area contributed by atoms with Crippen molar-refractivity contribution in [3.05, 3.63) is 34.9 Å². The Morgan fingerprint density at radius 3 is 2.27 bits per heavy atom. The molecule has 0 spiro atoms. The Labute approximate surface area is 97.0 Å². The molecule has 0 aliphatic rings. The lowest BCUT2D eigenvalue weighted by Crippen LogP contribution is -2.34. The molecule has 0 saturated heterocycles. The molecule has 0 bridgehead atoms. The number of nitrogens with two attached hydrogens (primary N) is 1. The standard InChI is InChI=1S/C12H19ClN2/c1-9(14)8-15(3)10(2)11-4-6-12(13)7-5-11/h4-7,9-10H,8,14H2,1-3H3. The van der Waals surface area contributed by atoms with E-state index in [-0.39, 0.29) is 6.04 Å². The van der Waals surface area contributed by atoms with Gasteiger partial charge in [-0.25, -0.2) is 0 Å². The zero-order valence-corrected chi connectivity index (χ0v) is 10.3. The van der Waals surface area contributed by atoms with Crippen LogP contribution in [0.15, 0.2) is 24.3 Å². The molecule has 2 nitrogen and oxygen atoms in total. The van der Waals surface area contributed by atoms with E-state index in [1.54, 1.807) is 0 Å². The zero-order valence-electron chi connectivity index (χ0n) is 9.57. The fourth-order valence-electron chi connectivity index (χ4n) is 1.61. The molecule has 0 aromatic heterocycles. The normalized spacial score (nSPS) is 15.3. The number of benzene rings is 1. The van der Waals surface area contributed by atoms with E-state index in [1.807, 2.05) is 19.1 Å². The van der Waals surface area contributed by atoms with Gasteiger partial charge in [-0.05, 0) is 38.6 Å². The van der Waals surface area contributed by atoms with Crippen molar-refractivity contribution < 1.29 is 0 Å². The highest BCUT2D eigenvalue weighted by Gasteiger charge is 2.12. The summed E-state index contributed by atoms with van der Waals surface area (Å²) in [4.78, 5) is 2.24. The summed E-state index contributed by atoms with van der Waals surface area (Å²) in [5.41, 5.74) is 7.04. The van der Waals surface area contributed by atoms with E-state index in [0.29, 0.717) is 6.04 Å². The molecule has 2 N–H and O–H groups in total. The average Bonchev–Trinajstić information content (AvgIpc) is 2.17. The molecule has 3 heteroatoms. The van der Waals surface area contributed by atoms with E-state index in [4.69, 9.17) is 17.3 Å². The number of rotatable bonds is 4. The van der Waals surface area contributed by atoms with Crippen LogP contribution in [0.5, 0.6) is 0 Å². The first-order valence-electron chi connectivity index (χ1n) is 5.22. The molecular formula is C12H19ClN2. The summed E-state index contributed by atoms with van der Waals surface area (Å²) in [5.74, 6) is 0. The predicted octanol–water partition coefficient (Wildman–Crippen LogP) is 2.68. The first-order valence-corrected chi connectivity index (χ1v) is 5.59. The van der Waals surface area contributed by atoms with Gasteiger partial charge >= 0.3 is 0 Å². The number of hydrogen-bond acceptors (Lipinski definition) is 2.